The third-order valence-electron chi connectivity index (χ3n) is 3.95. The lowest BCUT2D eigenvalue weighted by Crippen LogP contribution is -2.39. The van der Waals surface area contributed by atoms with Crippen LogP contribution in [0.15, 0.2) is 12.1 Å². The average Bonchev–Trinajstić information content (AvgIpc) is 2.37. The maximum atomic E-state index is 10.9. The lowest BCUT2D eigenvalue weighted by Gasteiger charge is -2.36. The SMILES string of the molecule is CC1CCCCC1N(C)c1cc([N+](=O)[O-])cc(N)n1. The van der Waals surface area contributed by atoms with E-state index in [1.165, 1.54) is 31.4 Å². The van der Waals surface area contributed by atoms with Gasteiger partial charge < -0.3 is 10.6 Å². The van der Waals surface area contributed by atoms with E-state index in [4.69, 9.17) is 5.73 Å². The molecule has 2 unspecified atom stereocenters. The number of nitrogens with zero attached hydrogens (tertiary/aromatic N) is 3. The Hall–Kier alpha value is -1.85. The van der Waals surface area contributed by atoms with E-state index in [2.05, 4.69) is 11.9 Å². The van der Waals surface area contributed by atoms with Crippen LogP contribution in [0.4, 0.5) is 17.3 Å². The summed E-state index contributed by atoms with van der Waals surface area (Å²) in [6, 6.07) is 3.17. The van der Waals surface area contributed by atoms with Gasteiger partial charge in [0.15, 0.2) is 0 Å². The lowest BCUT2D eigenvalue weighted by molar-refractivity contribution is -0.384. The van der Waals surface area contributed by atoms with Gasteiger partial charge in [0, 0.05) is 13.1 Å². The van der Waals surface area contributed by atoms with Gasteiger partial charge in [-0.2, -0.15) is 0 Å². The Morgan fingerprint density at radius 3 is 2.74 bits per heavy atom. The highest BCUT2D eigenvalue weighted by Crippen LogP contribution is 2.31. The summed E-state index contributed by atoms with van der Waals surface area (Å²) in [7, 11) is 1.94. The minimum Gasteiger partial charge on any atom is -0.383 e. The highest BCUT2D eigenvalue weighted by Gasteiger charge is 2.26. The molecule has 0 amide bonds. The molecular weight excluding hydrogens is 244 g/mol. The summed E-state index contributed by atoms with van der Waals surface area (Å²) in [6.07, 6.45) is 4.75. The van der Waals surface area contributed by atoms with E-state index in [9.17, 15) is 10.1 Å². The maximum absolute atomic E-state index is 10.9. The maximum Gasteiger partial charge on any atom is 0.276 e. The molecule has 1 aliphatic rings. The fraction of sp³-hybridized carbons (Fsp3) is 0.615. The zero-order valence-corrected chi connectivity index (χ0v) is 11.4. The third-order valence-corrected chi connectivity index (χ3v) is 3.95. The fourth-order valence-electron chi connectivity index (χ4n) is 2.85. The van der Waals surface area contributed by atoms with Gasteiger partial charge in [-0.3, -0.25) is 10.1 Å². The number of rotatable bonds is 3. The third kappa shape index (κ3) is 2.94. The van der Waals surface area contributed by atoms with Crippen LogP contribution >= 0.6 is 0 Å². The van der Waals surface area contributed by atoms with Crippen molar-refractivity contribution in [3.05, 3.63) is 22.2 Å². The fourth-order valence-corrected chi connectivity index (χ4v) is 2.85. The number of nitrogen functional groups attached to an aromatic ring is 1. The van der Waals surface area contributed by atoms with E-state index >= 15 is 0 Å². The molecule has 1 aliphatic carbocycles. The molecule has 1 aromatic rings. The summed E-state index contributed by atoms with van der Waals surface area (Å²) in [5.74, 6) is 1.35. The summed E-state index contributed by atoms with van der Waals surface area (Å²) in [6.45, 7) is 2.22. The zero-order valence-electron chi connectivity index (χ0n) is 11.4. The summed E-state index contributed by atoms with van der Waals surface area (Å²) in [5.41, 5.74) is 5.65. The number of hydrogen-bond acceptors (Lipinski definition) is 5. The van der Waals surface area contributed by atoms with Crippen molar-refractivity contribution in [1.29, 1.82) is 0 Å². The van der Waals surface area contributed by atoms with Gasteiger partial charge in [-0.05, 0) is 18.8 Å². The summed E-state index contributed by atoms with van der Waals surface area (Å²) in [4.78, 5) is 16.7. The number of aromatic nitrogens is 1. The minimum atomic E-state index is -0.431. The molecule has 19 heavy (non-hydrogen) atoms. The van der Waals surface area contributed by atoms with Crippen LogP contribution in [-0.2, 0) is 0 Å². The standard InChI is InChI=1S/C13H20N4O2/c1-9-5-3-4-6-11(9)16(2)13-8-10(17(18)19)7-12(14)15-13/h7-9,11H,3-6H2,1-2H3,(H2,14,15). The predicted octanol–water partition coefficient (Wildman–Crippen LogP) is 2.59. The topological polar surface area (TPSA) is 85.3 Å². The number of nitrogens with two attached hydrogens (primary N) is 1. The van der Waals surface area contributed by atoms with Gasteiger partial charge in [0.05, 0.1) is 17.1 Å². The highest BCUT2D eigenvalue weighted by atomic mass is 16.6. The summed E-state index contributed by atoms with van der Waals surface area (Å²) < 4.78 is 0. The molecule has 0 aliphatic heterocycles. The van der Waals surface area contributed by atoms with E-state index in [1.54, 1.807) is 0 Å². The zero-order chi connectivity index (χ0) is 14.0. The molecule has 0 saturated heterocycles. The van der Waals surface area contributed by atoms with E-state index in [1.807, 2.05) is 11.9 Å². The van der Waals surface area contributed by atoms with Crippen molar-refractivity contribution >= 4 is 17.3 Å². The van der Waals surface area contributed by atoms with Crippen molar-refractivity contribution in [2.45, 2.75) is 38.6 Å². The summed E-state index contributed by atoms with van der Waals surface area (Å²) in [5, 5.41) is 10.9. The molecule has 0 spiro atoms. The molecule has 104 valence electrons. The van der Waals surface area contributed by atoms with Crippen LogP contribution in [0.1, 0.15) is 32.6 Å². The largest absolute Gasteiger partial charge is 0.383 e. The van der Waals surface area contributed by atoms with Crippen molar-refractivity contribution in [3.63, 3.8) is 0 Å². The second-order valence-electron chi connectivity index (χ2n) is 5.31. The van der Waals surface area contributed by atoms with Gasteiger partial charge in [-0.25, -0.2) is 4.98 Å². The van der Waals surface area contributed by atoms with Gasteiger partial charge in [-0.15, -0.1) is 0 Å². The second kappa shape index (κ2) is 5.42. The first-order chi connectivity index (χ1) is 8.99. The number of pyridine rings is 1. The van der Waals surface area contributed by atoms with E-state index in [0.717, 1.165) is 6.42 Å². The van der Waals surface area contributed by atoms with Gasteiger partial charge in [-0.1, -0.05) is 19.8 Å². The molecule has 0 radical (unpaired) electrons. The molecule has 6 nitrogen and oxygen atoms in total. The quantitative estimate of drug-likeness (QED) is 0.670. The smallest absolute Gasteiger partial charge is 0.276 e. The Kier molecular flexibility index (Phi) is 3.87. The molecule has 1 heterocycles. The average molecular weight is 264 g/mol. The van der Waals surface area contributed by atoms with E-state index in [0.29, 0.717) is 17.8 Å². The van der Waals surface area contributed by atoms with Gasteiger partial charge in [0.25, 0.3) is 5.69 Å². The van der Waals surface area contributed by atoms with Crippen LogP contribution in [-0.4, -0.2) is 23.0 Å². The van der Waals surface area contributed by atoms with Crippen molar-refractivity contribution in [2.24, 2.45) is 5.92 Å². The molecular formula is C13H20N4O2. The molecule has 1 aromatic heterocycles. The Bertz CT molecular complexity index is 478. The second-order valence-corrected chi connectivity index (χ2v) is 5.31. The summed E-state index contributed by atoms with van der Waals surface area (Å²) >= 11 is 0. The van der Waals surface area contributed by atoms with Crippen LogP contribution in [0.5, 0.6) is 0 Å². The van der Waals surface area contributed by atoms with Crippen molar-refractivity contribution in [2.75, 3.05) is 17.7 Å². The van der Waals surface area contributed by atoms with Crippen molar-refractivity contribution in [1.82, 2.24) is 4.98 Å². The van der Waals surface area contributed by atoms with Crippen LogP contribution in [0, 0.1) is 16.0 Å². The number of nitro groups is 1. The number of anilines is 2. The normalized spacial score (nSPS) is 23.1. The van der Waals surface area contributed by atoms with E-state index in [-0.39, 0.29) is 11.5 Å². The van der Waals surface area contributed by atoms with Crippen molar-refractivity contribution < 1.29 is 4.92 Å². The van der Waals surface area contributed by atoms with Gasteiger partial charge in [0.2, 0.25) is 0 Å². The van der Waals surface area contributed by atoms with Gasteiger partial charge >= 0.3 is 0 Å². The van der Waals surface area contributed by atoms with Crippen LogP contribution < -0.4 is 10.6 Å². The lowest BCUT2D eigenvalue weighted by atomic mass is 9.85. The van der Waals surface area contributed by atoms with Crippen LogP contribution in [0.25, 0.3) is 0 Å². The molecule has 1 saturated carbocycles. The molecule has 2 rings (SSSR count). The molecule has 6 heteroatoms. The first-order valence-corrected chi connectivity index (χ1v) is 6.64. The van der Waals surface area contributed by atoms with Crippen LogP contribution in [0.2, 0.25) is 0 Å². The first-order valence-electron chi connectivity index (χ1n) is 6.64. The minimum absolute atomic E-state index is 0.00203. The van der Waals surface area contributed by atoms with Crippen LogP contribution in [0.3, 0.4) is 0 Å². The Morgan fingerprint density at radius 2 is 2.11 bits per heavy atom. The molecule has 2 N–H and O–H groups in total. The molecule has 2 atom stereocenters. The Morgan fingerprint density at radius 1 is 1.42 bits per heavy atom. The molecule has 0 bridgehead atoms. The monoisotopic (exact) mass is 264 g/mol. The van der Waals surface area contributed by atoms with Crippen molar-refractivity contribution in [3.8, 4) is 0 Å². The first kappa shape index (κ1) is 13.6. The Labute approximate surface area is 112 Å². The molecule has 1 fully saturated rings. The van der Waals surface area contributed by atoms with E-state index < -0.39 is 4.92 Å². The number of hydrogen-bond donors (Lipinski definition) is 1. The Balaban J connectivity index is 2.27. The molecule has 0 aromatic carbocycles. The van der Waals surface area contributed by atoms with Gasteiger partial charge in [0.1, 0.15) is 11.6 Å². The highest BCUT2D eigenvalue weighted by molar-refractivity contribution is 5.54. The predicted molar refractivity (Wildman–Crippen MR) is 75.1 cm³/mol.